The standard InChI is InChI=1S/C12H28N.C10H4BrF7N2O3/c1-5-9-13(10-6-2,11-7-3)12-8-4;11-5-3-4(20(22)23)1-2-6(5)19-7(21)8(12,9(13,14)15)10(16,17)18/h5-12H2,1-4H3;1-3H,(H,19,21)/q+1;/p-1. The fourth-order valence-electron chi connectivity index (χ4n) is 3.86. The maximum absolute atomic E-state index is 13.4. The Balaban J connectivity index is 0.000000802. The SMILES string of the molecule is CCC[N+](CCC)(CCC)CCC.O=[N+]([O-])c1ccc(N=C([O-])C(F)(C(F)(F)F)C(F)(F)F)c(Br)c1. The highest BCUT2D eigenvalue weighted by Gasteiger charge is 2.73. The fourth-order valence-corrected chi connectivity index (χ4v) is 4.31. The number of nitrogens with zero attached hydrogens (tertiary/aromatic N) is 3. The van der Waals surface area contributed by atoms with Crippen molar-refractivity contribution >= 4 is 33.2 Å². The monoisotopic (exact) mass is 597 g/mol. The van der Waals surface area contributed by atoms with Crippen molar-refractivity contribution in [1.82, 2.24) is 0 Å². The van der Waals surface area contributed by atoms with E-state index in [1.165, 1.54) is 56.3 Å². The number of aliphatic imine (C=N–C) groups is 1. The molecule has 0 bridgehead atoms. The van der Waals surface area contributed by atoms with E-state index in [-0.39, 0.29) is 0 Å². The molecule has 0 aromatic heterocycles. The van der Waals surface area contributed by atoms with Gasteiger partial charge >= 0.3 is 18.0 Å². The van der Waals surface area contributed by atoms with E-state index in [4.69, 9.17) is 0 Å². The van der Waals surface area contributed by atoms with Crippen LogP contribution in [0.2, 0.25) is 0 Å². The molecule has 1 aromatic carbocycles. The highest BCUT2D eigenvalue weighted by molar-refractivity contribution is 9.10. The van der Waals surface area contributed by atoms with Gasteiger partial charge in [0.15, 0.2) is 0 Å². The Hall–Kier alpha value is -1.96. The second kappa shape index (κ2) is 14.1. The summed E-state index contributed by atoms with van der Waals surface area (Å²) in [6.45, 7) is 14.8. The van der Waals surface area contributed by atoms with E-state index in [1.54, 1.807) is 0 Å². The van der Waals surface area contributed by atoms with Gasteiger partial charge in [-0.3, -0.25) is 15.1 Å². The van der Waals surface area contributed by atoms with Crippen LogP contribution in [0.3, 0.4) is 0 Å². The van der Waals surface area contributed by atoms with E-state index >= 15 is 0 Å². The van der Waals surface area contributed by atoms with Crippen molar-refractivity contribution in [2.75, 3.05) is 26.2 Å². The molecule has 0 aliphatic carbocycles. The smallest absolute Gasteiger partial charge is 0.436 e. The van der Waals surface area contributed by atoms with Crippen LogP contribution in [-0.2, 0) is 0 Å². The summed E-state index contributed by atoms with van der Waals surface area (Å²) < 4.78 is 88.4. The minimum absolute atomic E-state index is 0.466. The third-order valence-corrected chi connectivity index (χ3v) is 5.87. The van der Waals surface area contributed by atoms with E-state index in [0.29, 0.717) is 18.2 Å². The molecular weight excluding hydrogens is 567 g/mol. The lowest BCUT2D eigenvalue weighted by atomic mass is 10.1. The number of alkyl halides is 7. The van der Waals surface area contributed by atoms with Gasteiger partial charge in [-0.05, 0) is 47.7 Å². The fraction of sp³-hybridized carbons (Fsp3) is 0.682. The molecule has 0 atom stereocenters. The van der Waals surface area contributed by atoms with Gasteiger partial charge in [0.05, 0.1) is 36.8 Å². The van der Waals surface area contributed by atoms with Crippen LogP contribution in [0.25, 0.3) is 0 Å². The zero-order chi connectivity index (χ0) is 28.4. The molecule has 1 rings (SSSR count). The zero-order valence-corrected chi connectivity index (χ0v) is 22.1. The Kier molecular flexibility index (Phi) is 13.3. The van der Waals surface area contributed by atoms with Crippen molar-refractivity contribution in [2.45, 2.75) is 71.4 Å². The molecule has 0 spiro atoms. The maximum Gasteiger partial charge on any atom is 0.436 e. The number of benzene rings is 1. The van der Waals surface area contributed by atoms with Crippen molar-refractivity contribution in [2.24, 2.45) is 4.99 Å². The minimum atomic E-state index is -6.58. The van der Waals surface area contributed by atoms with E-state index in [2.05, 4.69) is 48.6 Å². The summed E-state index contributed by atoms with van der Waals surface area (Å²) >= 11 is 2.58. The highest BCUT2D eigenvalue weighted by Crippen LogP contribution is 2.47. The molecule has 0 radical (unpaired) electrons. The number of non-ortho nitro benzene ring substituents is 1. The summed E-state index contributed by atoms with van der Waals surface area (Å²) in [7, 11) is 0. The molecule has 36 heavy (non-hydrogen) atoms. The molecule has 0 N–H and O–H groups in total. The molecule has 0 saturated heterocycles. The van der Waals surface area contributed by atoms with Crippen LogP contribution in [0.1, 0.15) is 53.4 Å². The van der Waals surface area contributed by atoms with Gasteiger partial charge in [-0.2, -0.15) is 26.3 Å². The molecule has 0 saturated carbocycles. The van der Waals surface area contributed by atoms with Gasteiger partial charge in [0.25, 0.3) is 5.69 Å². The predicted octanol–water partition coefficient (Wildman–Crippen LogP) is 7.02. The van der Waals surface area contributed by atoms with Crippen molar-refractivity contribution in [3.63, 3.8) is 0 Å². The third kappa shape index (κ3) is 8.86. The molecule has 0 amide bonds. The molecule has 0 aliphatic heterocycles. The number of rotatable bonds is 11. The van der Waals surface area contributed by atoms with Gasteiger partial charge < -0.3 is 9.59 Å². The first-order chi connectivity index (χ1) is 16.5. The summed E-state index contributed by atoms with van der Waals surface area (Å²) in [6.07, 6.45) is -7.84. The summed E-state index contributed by atoms with van der Waals surface area (Å²) in [6, 6.07) is 1.93. The van der Waals surface area contributed by atoms with Crippen LogP contribution in [-0.4, -0.2) is 59.5 Å². The van der Waals surface area contributed by atoms with Crippen molar-refractivity contribution in [3.05, 3.63) is 32.8 Å². The second-order valence-corrected chi connectivity index (χ2v) is 9.05. The molecule has 0 heterocycles. The molecule has 208 valence electrons. The number of quaternary nitrogens is 1. The molecule has 0 aliphatic rings. The van der Waals surface area contributed by atoms with E-state index in [0.717, 1.165) is 0 Å². The lowest BCUT2D eigenvalue weighted by molar-refractivity contribution is -0.928. The number of nitro groups is 1. The van der Waals surface area contributed by atoms with Crippen molar-refractivity contribution in [1.29, 1.82) is 0 Å². The van der Waals surface area contributed by atoms with Crippen LogP contribution in [0.4, 0.5) is 42.1 Å². The molecule has 14 heteroatoms. The Morgan fingerprint density at radius 3 is 1.56 bits per heavy atom. The van der Waals surface area contributed by atoms with Crippen molar-refractivity contribution < 1.29 is 45.2 Å². The Morgan fingerprint density at radius 2 is 1.28 bits per heavy atom. The second-order valence-electron chi connectivity index (χ2n) is 8.20. The van der Waals surface area contributed by atoms with Crippen LogP contribution in [0.5, 0.6) is 0 Å². The lowest BCUT2D eigenvalue weighted by Crippen LogP contribution is -2.62. The number of hydrogen-bond acceptors (Lipinski definition) is 4. The largest absolute Gasteiger partial charge is 0.859 e. The number of nitro benzene ring substituents is 1. The van der Waals surface area contributed by atoms with Crippen LogP contribution in [0.15, 0.2) is 27.7 Å². The third-order valence-electron chi connectivity index (χ3n) is 5.23. The zero-order valence-electron chi connectivity index (χ0n) is 20.5. The van der Waals surface area contributed by atoms with Gasteiger partial charge in [-0.1, -0.05) is 27.7 Å². The first-order valence-corrected chi connectivity index (χ1v) is 12.1. The summed E-state index contributed by atoms with van der Waals surface area (Å²) in [4.78, 5) is 12.0. The summed E-state index contributed by atoms with van der Waals surface area (Å²) in [5.41, 5.74) is -7.61. The summed E-state index contributed by atoms with van der Waals surface area (Å²) in [5, 5.41) is 21.6. The predicted molar refractivity (Wildman–Crippen MR) is 125 cm³/mol. The molecule has 0 fully saturated rings. The van der Waals surface area contributed by atoms with E-state index in [9.17, 15) is 46.0 Å². The topological polar surface area (TPSA) is 78.6 Å². The van der Waals surface area contributed by atoms with Crippen LogP contribution >= 0.6 is 15.9 Å². The molecule has 6 nitrogen and oxygen atoms in total. The number of halogens is 8. The quantitative estimate of drug-likeness (QED) is 0.0686. The number of hydrogen-bond donors (Lipinski definition) is 0. The average Bonchev–Trinajstić information content (AvgIpc) is 2.74. The average molecular weight is 598 g/mol. The minimum Gasteiger partial charge on any atom is -0.859 e. The highest BCUT2D eigenvalue weighted by atomic mass is 79.9. The van der Waals surface area contributed by atoms with Crippen LogP contribution < -0.4 is 5.11 Å². The van der Waals surface area contributed by atoms with E-state index in [1.807, 2.05) is 0 Å². The molecule has 0 unspecified atom stereocenters. The Bertz CT molecular complexity index is 834. The normalized spacial score (nSPS) is 13.3. The van der Waals surface area contributed by atoms with E-state index < -0.39 is 44.7 Å². The molecular formula is C22H31BrF7N3O3. The Labute approximate surface area is 214 Å². The molecule has 1 aromatic rings. The Morgan fingerprint density at radius 1 is 0.889 bits per heavy atom. The lowest BCUT2D eigenvalue weighted by Gasteiger charge is -2.38. The van der Waals surface area contributed by atoms with Gasteiger partial charge in [0, 0.05) is 22.5 Å². The van der Waals surface area contributed by atoms with Crippen LogP contribution in [0, 0.1) is 10.1 Å². The van der Waals surface area contributed by atoms with Gasteiger partial charge in [-0.25, -0.2) is 4.39 Å². The first kappa shape index (κ1) is 34.0. The summed E-state index contributed by atoms with van der Waals surface area (Å²) in [5.74, 6) is -3.15. The first-order valence-electron chi connectivity index (χ1n) is 11.3. The van der Waals surface area contributed by atoms with Gasteiger partial charge in [0.1, 0.15) is 0 Å². The van der Waals surface area contributed by atoms with Gasteiger partial charge in [0.2, 0.25) is 0 Å². The van der Waals surface area contributed by atoms with Crippen molar-refractivity contribution in [3.8, 4) is 0 Å². The maximum atomic E-state index is 13.4. The van der Waals surface area contributed by atoms with Gasteiger partial charge in [-0.15, -0.1) is 0 Å².